The third-order valence-electron chi connectivity index (χ3n) is 6.79. The number of carbonyl (C=O) groups is 2. The molecule has 0 radical (unpaired) electrons. The first-order chi connectivity index (χ1) is 18.4. The average molecular weight is 601 g/mol. The van der Waals surface area contributed by atoms with Gasteiger partial charge in [0.2, 0.25) is 21.8 Å². The maximum Gasteiger partial charge on any atom is 0.244 e. The third kappa shape index (κ3) is 8.16. The van der Waals surface area contributed by atoms with Gasteiger partial charge in [0, 0.05) is 18.7 Å². The summed E-state index contributed by atoms with van der Waals surface area (Å²) in [6.07, 6.45) is 6.02. The highest BCUT2D eigenvalue weighted by Gasteiger charge is 2.31. The molecular weight excluding hydrogens is 565 g/mol. The molecule has 0 spiro atoms. The molecule has 0 saturated heterocycles. The predicted octanol–water partition coefficient (Wildman–Crippen LogP) is 4.64. The number of carbonyl (C=O) groups excluding carboxylic acids is 2. The first kappa shape index (κ1) is 30.8. The van der Waals surface area contributed by atoms with E-state index >= 15 is 0 Å². The molecule has 1 aliphatic carbocycles. The van der Waals surface area contributed by atoms with Gasteiger partial charge in [0.25, 0.3) is 0 Å². The van der Waals surface area contributed by atoms with Crippen LogP contribution >= 0.6 is 23.2 Å². The SMILES string of the molecule is COc1ccc(N(CC(=O)N(Cc2ccc(Cl)c(Cl)c2)[C@H](C)C(=O)NC2CCCCC2)S(C)(=O)=O)cc1OC. The second-order valence-corrected chi connectivity index (χ2v) is 12.3. The normalized spacial score (nSPS) is 14.8. The Morgan fingerprint density at radius 1 is 1.00 bits per heavy atom. The van der Waals surface area contributed by atoms with Crippen molar-refractivity contribution in [2.45, 2.75) is 57.7 Å². The third-order valence-corrected chi connectivity index (χ3v) is 8.67. The van der Waals surface area contributed by atoms with E-state index in [9.17, 15) is 18.0 Å². The van der Waals surface area contributed by atoms with E-state index in [0.717, 1.165) is 42.7 Å². The molecule has 1 N–H and O–H groups in total. The molecule has 3 rings (SSSR count). The molecule has 0 unspecified atom stereocenters. The number of benzene rings is 2. The first-order valence-electron chi connectivity index (χ1n) is 12.7. The molecule has 1 atom stereocenters. The maximum atomic E-state index is 13.8. The number of methoxy groups -OCH3 is 2. The smallest absolute Gasteiger partial charge is 0.244 e. The summed E-state index contributed by atoms with van der Waals surface area (Å²) >= 11 is 12.3. The van der Waals surface area contributed by atoms with Gasteiger partial charge in [-0.2, -0.15) is 0 Å². The van der Waals surface area contributed by atoms with Crippen LogP contribution in [0.15, 0.2) is 36.4 Å². The van der Waals surface area contributed by atoms with E-state index in [1.165, 1.54) is 31.3 Å². The second kappa shape index (κ2) is 13.6. The molecule has 2 amide bonds. The fourth-order valence-electron chi connectivity index (χ4n) is 4.58. The molecule has 9 nitrogen and oxygen atoms in total. The summed E-state index contributed by atoms with van der Waals surface area (Å²) in [7, 11) is -0.993. The summed E-state index contributed by atoms with van der Waals surface area (Å²) in [6.45, 7) is 1.13. The first-order valence-corrected chi connectivity index (χ1v) is 15.3. The quantitative estimate of drug-likeness (QED) is 0.403. The van der Waals surface area contributed by atoms with Crippen molar-refractivity contribution in [2.75, 3.05) is 31.3 Å². The number of amides is 2. The molecule has 0 heterocycles. The van der Waals surface area contributed by atoms with Crippen LogP contribution in [0.25, 0.3) is 0 Å². The number of nitrogens with zero attached hydrogens (tertiary/aromatic N) is 2. The topological polar surface area (TPSA) is 105 Å². The largest absolute Gasteiger partial charge is 0.493 e. The highest BCUT2D eigenvalue weighted by Crippen LogP contribution is 2.32. The molecule has 0 aliphatic heterocycles. The van der Waals surface area contributed by atoms with Crippen molar-refractivity contribution >= 4 is 50.7 Å². The fraction of sp³-hybridized carbons (Fsp3) is 0.481. The molecule has 12 heteroatoms. The van der Waals surface area contributed by atoms with Crippen LogP contribution in [0.2, 0.25) is 10.0 Å². The van der Waals surface area contributed by atoms with Gasteiger partial charge in [-0.15, -0.1) is 0 Å². The van der Waals surface area contributed by atoms with Crippen molar-refractivity contribution in [3.8, 4) is 11.5 Å². The number of rotatable bonds is 11. The summed E-state index contributed by atoms with van der Waals surface area (Å²) in [4.78, 5) is 28.4. The predicted molar refractivity (Wildman–Crippen MR) is 153 cm³/mol. The Morgan fingerprint density at radius 3 is 2.26 bits per heavy atom. The zero-order valence-corrected chi connectivity index (χ0v) is 24.9. The number of nitrogens with one attached hydrogen (secondary N) is 1. The van der Waals surface area contributed by atoms with Gasteiger partial charge in [-0.3, -0.25) is 13.9 Å². The van der Waals surface area contributed by atoms with Crippen LogP contribution in [-0.4, -0.2) is 64.2 Å². The molecule has 39 heavy (non-hydrogen) atoms. The zero-order valence-electron chi connectivity index (χ0n) is 22.6. The minimum Gasteiger partial charge on any atom is -0.493 e. The van der Waals surface area contributed by atoms with Crippen molar-refractivity contribution < 1.29 is 27.5 Å². The average Bonchev–Trinajstić information content (AvgIpc) is 2.91. The summed E-state index contributed by atoms with van der Waals surface area (Å²) < 4.78 is 37.2. The lowest BCUT2D eigenvalue weighted by Crippen LogP contribution is -2.52. The standard InChI is InChI=1S/C27H35Cl2N3O6S/c1-18(27(34)30-20-8-6-5-7-9-20)31(16-19-10-12-22(28)23(29)14-19)26(33)17-32(39(4,35)36)21-11-13-24(37-2)25(15-21)38-3/h10-15,18,20H,5-9,16-17H2,1-4H3,(H,30,34)/t18-/m1/s1. The molecule has 1 saturated carbocycles. The van der Waals surface area contributed by atoms with Gasteiger partial charge >= 0.3 is 0 Å². The number of sulfonamides is 1. The summed E-state index contributed by atoms with van der Waals surface area (Å²) in [6, 6.07) is 8.69. The van der Waals surface area contributed by atoms with Gasteiger partial charge in [-0.05, 0) is 49.6 Å². The van der Waals surface area contributed by atoms with Crippen molar-refractivity contribution in [2.24, 2.45) is 0 Å². The minimum atomic E-state index is -3.89. The van der Waals surface area contributed by atoms with Gasteiger partial charge in [-0.1, -0.05) is 48.5 Å². The molecule has 214 valence electrons. The number of halogens is 2. The monoisotopic (exact) mass is 599 g/mol. The summed E-state index contributed by atoms with van der Waals surface area (Å²) in [5, 5.41) is 3.73. The lowest BCUT2D eigenvalue weighted by atomic mass is 9.95. The Labute approximate surface area is 240 Å². The Bertz CT molecular complexity index is 1280. The van der Waals surface area contributed by atoms with Crippen LogP contribution in [0.5, 0.6) is 11.5 Å². The summed E-state index contributed by atoms with van der Waals surface area (Å²) in [5.74, 6) is -0.140. The van der Waals surface area contributed by atoms with E-state index in [1.807, 2.05) is 0 Å². The Morgan fingerprint density at radius 2 is 1.67 bits per heavy atom. The zero-order chi connectivity index (χ0) is 28.7. The van der Waals surface area contributed by atoms with Gasteiger partial charge < -0.3 is 19.7 Å². The minimum absolute atomic E-state index is 0.0263. The van der Waals surface area contributed by atoms with E-state index in [2.05, 4.69) is 5.32 Å². The van der Waals surface area contributed by atoms with Crippen LogP contribution in [0, 0.1) is 0 Å². The molecule has 1 aliphatic rings. The van der Waals surface area contributed by atoms with Crippen molar-refractivity contribution in [3.63, 3.8) is 0 Å². The van der Waals surface area contributed by atoms with Crippen LogP contribution in [0.3, 0.4) is 0 Å². The van der Waals surface area contributed by atoms with E-state index in [-0.39, 0.29) is 24.2 Å². The van der Waals surface area contributed by atoms with Gasteiger partial charge in [0.15, 0.2) is 11.5 Å². The van der Waals surface area contributed by atoms with Crippen LogP contribution in [-0.2, 0) is 26.2 Å². The molecule has 2 aromatic rings. The van der Waals surface area contributed by atoms with Crippen molar-refractivity contribution in [1.82, 2.24) is 10.2 Å². The lowest BCUT2D eigenvalue weighted by Gasteiger charge is -2.33. The second-order valence-electron chi connectivity index (χ2n) is 9.60. The van der Waals surface area contributed by atoms with Crippen molar-refractivity contribution in [3.05, 3.63) is 52.0 Å². The Balaban J connectivity index is 1.92. The van der Waals surface area contributed by atoms with E-state index in [4.69, 9.17) is 32.7 Å². The van der Waals surface area contributed by atoms with E-state index < -0.39 is 28.5 Å². The van der Waals surface area contributed by atoms with Gasteiger partial charge in [0.05, 0.1) is 36.2 Å². The van der Waals surface area contributed by atoms with E-state index in [0.29, 0.717) is 27.1 Å². The number of ether oxygens (including phenoxy) is 2. The fourth-order valence-corrected chi connectivity index (χ4v) is 5.74. The molecule has 0 aromatic heterocycles. The van der Waals surface area contributed by atoms with Crippen molar-refractivity contribution in [1.29, 1.82) is 0 Å². The van der Waals surface area contributed by atoms with Gasteiger partial charge in [0.1, 0.15) is 12.6 Å². The van der Waals surface area contributed by atoms with Gasteiger partial charge in [-0.25, -0.2) is 8.42 Å². The number of hydrogen-bond acceptors (Lipinski definition) is 6. The van der Waals surface area contributed by atoms with Crippen LogP contribution in [0.4, 0.5) is 5.69 Å². The number of anilines is 1. The van der Waals surface area contributed by atoms with E-state index in [1.54, 1.807) is 31.2 Å². The molecule has 1 fully saturated rings. The highest BCUT2D eigenvalue weighted by molar-refractivity contribution is 7.92. The lowest BCUT2D eigenvalue weighted by molar-refractivity contribution is -0.139. The molecule has 2 aromatic carbocycles. The molecular formula is C27H35Cl2N3O6S. The van der Waals surface area contributed by atoms with Crippen LogP contribution in [0.1, 0.15) is 44.6 Å². The Kier molecular flexibility index (Phi) is 10.7. The van der Waals surface area contributed by atoms with Crippen LogP contribution < -0.4 is 19.1 Å². The Hall–Kier alpha value is -2.69. The number of hydrogen-bond donors (Lipinski definition) is 1. The maximum absolute atomic E-state index is 13.8. The molecule has 0 bridgehead atoms. The highest BCUT2D eigenvalue weighted by atomic mass is 35.5. The summed E-state index contributed by atoms with van der Waals surface area (Å²) in [5.41, 5.74) is 0.865.